The summed E-state index contributed by atoms with van der Waals surface area (Å²) in [6.07, 6.45) is 5.12. The molecule has 0 aromatic carbocycles. The summed E-state index contributed by atoms with van der Waals surface area (Å²) in [6, 6.07) is 5.13. The maximum atomic E-state index is 12.6. The van der Waals surface area contributed by atoms with Gasteiger partial charge >= 0.3 is 0 Å². The van der Waals surface area contributed by atoms with Crippen molar-refractivity contribution in [2.24, 2.45) is 5.92 Å². The number of nitrogens with zero attached hydrogens (tertiary/aromatic N) is 4. The third-order valence-corrected chi connectivity index (χ3v) is 3.98. The van der Waals surface area contributed by atoms with Gasteiger partial charge in [0, 0.05) is 31.7 Å². The number of aryl methyl sites for hydroxylation is 1. The molecular weight excluding hydrogens is 360 g/mol. The molecule has 2 amide bonds. The van der Waals surface area contributed by atoms with Gasteiger partial charge in [-0.05, 0) is 31.0 Å². The highest BCUT2D eigenvalue weighted by molar-refractivity contribution is 6.07. The van der Waals surface area contributed by atoms with Crippen LogP contribution in [0, 0.1) is 5.92 Å². The predicted octanol–water partition coefficient (Wildman–Crippen LogP) is 2.38. The van der Waals surface area contributed by atoms with E-state index in [-0.39, 0.29) is 17.4 Å². The molecule has 3 aromatic rings. The molecule has 3 rings (SSSR count). The van der Waals surface area contributed by atoms with E-state index in [2.05, 4.69) is 20.8 Å². The Bertz CT molecular complexity index is 939. The minimum absolute atomic E-state index is 0.153. The summed E-state index contributed by atoms with van der Waals surface area (Å²) in [5.41, 5.74) is 0.525. The highest BCUT2D eigenvalue weighted by atomic mass is 16.4. The third-order valence-electron chi connectivity index (χ3n) is 3.98. The average Bonchev–Trinajstić information content (AvgIpc) is 3.41. The molecule has 0 fully saturated rings. The van der Waals surface area contributed by atoms with Crippen molar-refractivity contribution in [3.8, 4) is 0 Å². The van der Waals surface area contributed by atoms with Crippen LogP contribution in [0.15, 0.2) is 41.2 Å². The van der Waals surface area contributed by atoms with Crippen LogP contribution in [-0.2, 0) is 13.1 Å². The smallest absolute Gasteiger partial charge is 0.291 e. The van der Waals surface area contributed by atoms with E-state index >= 15 is 0 Å². The number of hydrogen-bond acceptors (Lipinski definition) is 5. The van der Waals surface area contributed by atoms with Crippen molar-refractivity contribution < 1.29 is 14.0 Å². The molecule has 3 aromatic heterocycles. The normalized spacial score (nSPS) is 11.0. The topological polar surface area (TPSA) is 107 Å². The van der Waals surface area contributed by atoms with Gasteiger partial charge in [0.1, 0.15) is 5.76 Å². The van der Waals surface area contributed by atoms with Gasteiger partial charge in [-0.3, -0.25) is 19.0 Å². The van der Waals surface area contributed by atoms with Gasteiger partial charge in [-0.25, -0.2) is 0 Å². The Labute approximate surface area is 162 Å². The van der Waals surface area contributed by atoms with Crippen LogP contribution in [0.1, 0.15) is 47.6 Å². The third kappa shape index (κ3) is 4.67. The number of anilines is 1. The van der Waals surface area contributed by atoms with Crippen molar-refractivity contribution in [2.75, 3.05) is 11.9 Å². The first-order chi connectivity index (χ1) is 13.5. The van der Waals surface area contributed by atoms with Crippen molar-refractivity contribution in [2.45, 2.75) is 33.9 Å². The van der Waals surface area contributed by atoms with Crippen molar-refractivity contribution in [1.82, 2.24) is 24.9 Å². The number of nitrogens with one attached hydrogen (secondary N) is 2. The van der Waals surface area contributed by atoms with Crippen molar-refractivity contribution in [3.05, 3.63) is 54.0 Å². The molecule has 9 heteroatoms. The highest BCUT2D eigenvalue weighted by Gasteiger charge is 2.20. The SMILES string of the molecule is CCn1cc(NC(=O)c2ccc(Cn3cccn3)o2)c(C(=O)NCC(C)C)n1. The van der Waals surface area contributed by atoms with E-state index in [1.807, 2.05) is 33.0 Å². The molecule has 0 spiro atoms. The van der Waals surface area contributed by atoms with E-state index in [4.69, 9.17) is 4.42 Å². The van der Waals surface area contributed by atoms with E-state index in [0.717, 1.165) is 0 Å². The molecular formula is C19H24N6O3. The van der Waals surface area contributed by atoms with Gasteiger partial charge < -0.3 is 15.1 Å². The predicted molar refractivity (Wildman–Crippen MR) is 103 cm³/mol. The summed E-state index contributed by atoms with van der Waals surface area (Å²) in [6.45, 7) is 7.45. The Morgan fingerprint density at radius 1 is 1.21 bits per heavy atom. The Kier molecular flexibility index (Phi) is 5.93. The van der Waals surface area contributed by atoms with Gasteiger partial charge in [-0.1, -0.05) is 13.8 Å². The molecule has 9 nitrogen and oxygen atoms in total. The molecule has 3 heterocycles. The van der Waals surface area contributed by atoms with Crippen LogP contribution in [0.25, 0.3) is 0 Å². The Balaban J connectivity index is 1.72. The fraction of sp³-hybridized carbons (Fsp3) is 0.368. The molecule has 0 aliphatic rings. The zero-order valence-corrected chi connectivity index (χ0v) is 16.2. The molecule has 0 bridgehead atoms. The average molecular weight is 384 g/mol. The second kappa shape index (κ2) is 8.55. The second-order valence-electron chi connectivity index (χ2n) is 6.77. The van der Waals surface area contributed by atoms with Gasteiger partial charge in [0.2, 0.25) is 0 Å². The van der Waals surface area contributed by atoms with Gasteiger partial charge in [0.25, 0.3) is 11.8 Å². The summed E-state index contributed by atoms with van der Waals surface area (Å²) >= 11 is 0. The van der Waals surface area contributed by atoms with Crippen molar-refractivity contribution in [1.29, 1.82) is 0 Å². The van der Waals surface area contributed by atoms with Gasteiger partial charge in [0.15, 0.2) is 11.5 Å². The molecule has 0 saturated carbocycles. The lowest BCUT2D eigenvalue weighted by Gasteiger charge is -2.07. The minimum Gasteiger partial charge on any atom is -0.454 e. The van der Waals surface area contributed by atoms with Crippen LogP contribution < -0.4 is 10.6 Å². The summed E-state index contributed by atoms with van der Waals surface area (Å²) in [7, 11) is 0. The van der Waals surface area contributed by atoms with E-state index in [9.17, 15) is 9.59 Å². The van der Waals surface area contributed by atoms with Crippen LogP contribution in [0.3, 0.4) is 0 Å². The minimum atomic E-state index is -0.444. The maximum absolute atomic E-state index is 12.6. The highest BCUT2D eigenvalue weighted by Crippen LogP contribution is 2.17. The molecule has 2 N–H and O–H groups in total. The molecule has 148 valence electrons. The lowest BCUT2D eigenvalue weighted by Crippen LogP contribution is -2.28. The number of amides is 2. The van der Waals surface area contributed by atoms with Gasteiger partial charge in [-0.15, -0.1) is 0 Å². The second-order valence-corrected chi connectivity index (χ2v) is 6.77. The molecule has 0 radical (unpaired) electrons. The molecule has 0 unspecified atom stereocenters. The first kappa shape index (κ1) is 19.4. The lowest BCUT2D eigenvalue weighted by atomic mass is 10.2. The number of aromatic nitrogens is 4. The Morgan fingerprint density at radius 2 is 2.04 bits per heavy atom. The molecule has 0 aliphatic heterocycles. The summed E-state index contributed by atoms with van der Waals surface area (Å²) in [5, 5.41) is 13.9. The van der Waals surface area contributed by atoms with E-state index < -0.39 is 5.91 Å². The first-order valence-electron chi connectivity index (χ1n) is 9.19. The van der Waals surface area contributed by atoms with E-state index in [0.29, 0.717) is 37.0 Å². The summed E-state index contributed by atoms with van der Waals surface area (Å²) in [5.74, 6) is 0.301. The van der Waals surface area contributed by atoms with Gasteiger partial charge in [0.05, 0.1) is 12.2 Å². The van der Waals surface area contributed by atoms with Crippen molar-refractivity contribution >= 4 is 17.5 Å². The Morgan fingerprint density at radius 3 is 2.71 bits per heavy atom. The van der Waals surface area contributed by atoms with Crippen molar-refractivity contribution in [3.63, 3.8) is 0 Å². The van der Waals surface area contributed by atoms with Crippen LogP contribution in [0.2, 0.25) is 0 Å². The molecule has 28 heavy (non-hydrogen) atoms. The quantitative estimate of drug-likeness (QED) is 0.620. The number of hydrogen-bond donors (Lipinski definition) is 2. The lowest BCUT2D eigenvalue weighted by molar-refractivity contribution is 0.0944. The van der Waals surface area contributed by atoms with Crippen LogP contribution in [-0.4, -0.2) is 37.9 Å². The number of rotatable bonds is 8. The van der Waals surface area contributed by atoms with Crippen LogP contribution in [0.4, 0.5) is 5.69 Å². The molecule has 0 saturated heterocycles. The Hall–Kier alpha value is -3.36. The first-order valence-corrected chi connectivity index (χ1v) is 9.19. The number of carbonyl (C=O) groups excluding carboxylic acids is 2. The van der Waals surface area contributed by atoms with Crippen LogP contribution >= 0.6 is 0 Å². The molecule has 0 atom stereocenters. The van der Waals surface area contributed by atoms with Crippen LogP contribution in [0.5, 0.6) is 0 Å². The van der Waals surface area contributed by atoms with E-state index in [1.165, 1.54) is 0 Å². The van der Waals surface area contributed by atoms with Gasteiger partial charge in [-0.2, -0.15) is 10.2 Å². The number of furan rings is 1. The molecule has 0 aliphatic carbocycles. The van der Waals surface area contributed by atoms with E-state index in [1.54, 1.807) is 33.9 Å². The maximum Gasteiger partial charge on any atom is 0.291 e. The fourth-order valence-corrected chi connectivity index (χ4v) is 2.55. The standard InChI is InChI=1S/C19H24N6O3/c1-4-24-12-15(17(23-24)19(27)20-10-13(2)3)22-18(26)16-7-6-14(28-16)11-25-9-5-8-21-25/h5-9,12-13H,4,10-11H2,1-3H3,(H,20,27)(H,22,26). The fourth-order valence-electron chi connectivity index (χ4n) is 2.55. The summed E-state index contributed by atoms with van der Waals surface area (Å²) < 4.78 is 8.90. The summed E-state index contributed by atoms with van der Waals surface area (Å²) in [4.78, 5) is 25.0. The largest absolute Gasteiger partial charge is 0.454 e. The zero-order chi connectivity index (χ0) is 20.1. The zero-order valence-electron chi connectivity index (χ0n) is 16.2. The number of carbonyl (C=O) groups is 2. The monoisotopic (exact) mass is 384 g/mol.